The van der Waals surface area contributed by atoms with E-state index in [-0.39, 0.29) is 65.6 Å². The van der Waals surface area contributed by atoms with Crippen molar-refractivity contribution in [3.05, 3.63) is 111 Å². The molecule has 15 nitrogen and oxygen atoms in total. The van der Waals surface area contributed by atoms with Crippen molar-refractivity contribution in [3.8, 4) is 11.8 Å². The molecule has 0 unspecified atom stereocenters. The van der Waals surface area contributed by atoms with Crippen molar-refractivity contribution in [1.82, 2.24) is 35.0 Å². The molecule has 3 fully saturated rings. The van der Waals surface area contributed by atoms with Crippen LogP contribution >= 0.6 is 11.6 Å². The van der Waals surface area contributed by atoms with Gasteiger partial charge in [-0.1, -0.05) is 77.4 Å². The number of nitriles is 1. The lowest BCUT2D eigenvalue weighted by Gasteiger charge is -2.63. The fourth-order valence-corrected chi connectivity index (χ4v) is 11.8. The van der Waals surface area contributed by atoms with Gasteiger partial charge in [-0.05, 0) is 80.1 Å². The summed E-state index contributed by atoms with van der Waals surface area (Å²) in [6.45, 7) is 20.7. The van der Waals surface area contributed by atoms with E-state index in [1.807, 2.05) is 76.0 Å². The predicted molar refractivity (Wildman–Crippen MR) is 276 cm³/mol. The van der Waals surface area contributed by atoms with Gasteiger partial charge in [0, 0.05) is 106 Å². The molecule has 16 heteroatoms. The third-order valence-electron chi connectivity index (χ3n) is 15.4. The summed E-state index contributed by atoms with van der Waals surface area (Å²) in [7, 11) is 1.96. The molecule has 4 atom stereocenters. The first-order valence-corrected chi connectivity index (χ1v) is 25.4. The molecular weight excluding hydrogens is 916 g/mol. The van der Waals surface area contributed by atoms with Gasteiger partial charge >= 0.3 is 0 Å². The zero-order valence-electron chi connectivity index (χ0n) is 42.6. The van der Waals surface area contributed by atoms with Gasteiger partial charge in [0.25, 0.3) is 5.91 Å². The Morgan fingerprint density at radius 3 is 2.31 bits per heavy atom. The highest BCUT2D eigenvalue weighted by Gasteiger charge is 2.64. The summed E-state index contributed by atoms with van der Waals surface area (Å²) < 4.78 is 8.43. The van der Waals surface area contributed by atoms with Crippen LogP contribution in [0.4, 0.5) is 5.82 Å². The van der Waals surface area contributed by atoms with Crippen LogP contribution in [0.15, 0.2) is 77.7 Å². The molecule has 2 saturated heterocycles. The van der Waals surface area contributed by atoms with E-state index >= 15 is 0 Å². The standard InChI is InChI=1S/C55H69ClN10O5/c1-33(2)47(51(70)66-32-41(67)27-45(66)50(69)61-34(3)36-12-14-37(15-13-36)43-20-21-58-35(43)4)48-60-31-40(63(48)9)11-10-22-64-23-25-65(26-24-64)46-19-17-39(30-59-46)49(68)62-52-54(5,6)53(55(52,7)8)71-42-18-16-38(29-57)44(56)28-42/h12-19,21,28,30-31,33-34,41,45,47,52-53,67H,10-11,20,22-27,32H2,1-9H3,(H,61,69)(H,62,68)/t34-,41+,45-,47-,52?,53?/m0/s1. The van der Waals surface area contributed by atoms with E-state index in [9.17, 15) is 24.8 Å². The Bertz CT molecular complexity index is 2700. The van der Waals surface area contributed by atoms with E-state index in [2.05, 4.69) is 71.3 Å². The Kier molecular flexibility index (Phi) is 15.1. The van der Waals surface area contributed by atoms with Gasteiger partial charge in [0.1, 0.15) is 35.6 Å². The number of piperazine rings is 1. The highest BCUT2D eigenvalue weighted by molar-refractivity contribution is 6.31. The van der Waals surface area contributed by atoms with E-state index in [0.717, 1.165) is 80.3 Å². The maximum absolute atomic E-state index is 14.4. The molecule has 8 rings (SSSR count). The third kappa shape index (κ3) is 10.6. The second-order valence-corrected chi connectivity index (χ2v) is 21.8. The van der Waals surface area contributed by atoms with Crippen molar-refractivity contribution in [1.29, 1.82) is 5.26 Å². The fourth-order valence-electron chi connectivity index (χ4n) is 11.6. The smallest absolute Gasteiger partial charge is 0.253 e. The molecule has 4 aromatic rings. The normalized spacial score (nSPS) is 22.5. The van der Waals surface area contributed by atoms with Gasteiger partial charge < -0.3 is 34.8 Å². The minimum absolute atomic E-state index is 0.0943. The number of likely N-dealkylation sites (tertiary alicyclic amines) is 1. The number of hydrogen-bond donors (Lipinski definition) is 3. The minimum Gasteiger partial charge on any atom is -0.489 e. The molecule has 0 bridgehead atoms. The van der Waals surface area contributed by atoms with Gasteiger partial charge in [-0.2, -0.15) is 5.26 Å². The van der Waals surface area contributed by atoms with E-state index in [1.54, 1.807) is 29.3 Å². The summed E-state index contributed by atoms with van der Waals surface area (Å²) in [4.78, 5) is 62.0. The van der Waals surface area contributed by atoms with E-state index in [1.165, 1.54) is 5.57 Å². The average Bonchev–Trinajstić information content (AvgIpc) is 4.07. The molecule has 1 aliphatic carbocycles. The Labute approximate surface area is 423 Å². The molecule has 2 aromatic carbocycles. The van der Waals surface area contributed by atoms with Crippen LogP contribution in [0.3, 0.4) is 0 Å². The average molecular weight is 986 g/mol. The number of anilines is 1. The number of β-amino-alcohol motifs (C(OH)–C–C–N with tert-alkyl or cyclic N) is 1. The number of imidazole rings is 1. The first kappa shape index (κ1) is 51.3. The van der Waals surface area contributed by atoms with Crippen molar-refractivity contribution in [2.45, 2.75) is 117 Å². The van der Waals surface area contributed by atoms with Crippen molar-refractivity contribution in [2.24, 2.45) is 28.8 Å². The van der Waals surface area contributed by atoms with Crippen LogP contribution in [-0.2, 0) is 23.1 Å². The number of carbonyl (C=O) groups excluding carboxylic acids is 3. The molecule has 0 spiro atoms. The topological polar surface area (TPSA) is 181 Å². The first-order chi connectivity index (χ1) is 33.8. The zero-order valence-corrected chi connectivity index (χ0v) is 43.3. The van der Waals surface area contributed by atoms with Gasteiger partial charge in [0.05, 0.1) is 34.2 Å². The van der Waals surface area contributed by atoms with Crippen molar-refractivity contribution in [2.75, 3.05) is 44.2 Å². The number of carbonyl (C=O) groups is 3. The molecule has 1 saturated carbocycles. The van der Waals surface area contributed by atoms with Crippen molar-refractivity contribution >= 4 is 46.9 Å². The van der Waals surface area contributed by atoms with E-state index in [4.69, 9.17) is 26.3 Å². The largest absolute Gasteiger partial charge is 0.489 e. The third-order valence-corrected chi connectivity index (χ3v) is 15.7. The van der Waals surface area contributed by atoms with Crippen LogP contribution < -0.4 is 20.3 Å². The van der Waals surface area contributed by atoms with Crippen LogP contribution in [0.5, 0.6) is 5.75 Å². The minimum atomic E-state index is -0.796. The molecular formula is C55H69ClN10O5. The summed E-state index contributed by atoms with van der Waals surface area (Å²) >= 11 is 6.27. The highest BCUT2D eigenvalue weighted by Crippen LogP contribution is 2.55. The number of nitrogens with zero attached hydrogens (tertiary/aromatic N) is 8. The number of aliphatic hydroxyl groups is 1. The second-order valence-electron chi connectivity index (χ2n) is 21.4. The number of nitrogens with one attached hydrogen (secondary N) is 2. The van der Waals surface area contributed by atoms with Gasteiger partial charge in [-0.25, -0.2) is 9.97 Å². The molecule has 0 radical (unpaired) electrons. The number of rotatable bonds is 16. The monoisotopic (exact) mass is 985 g/mol. The SMILES string of the molecule is CC1=C(c2ccc([C@H](C)NC(=O)[C@@H]3C[C@@H](O)CN3C(=O)[C@H](c3ncc(CCCN4CCN(c5ccc(C(=O)NC6C(C)(C)C(Oc7ccc(C#N)c(Cl)c7)C6(C)C)cn5)CC4)n3C)C(C)C)cc2)CC=N1. The van der Waals surface area contributed by atoms with Gasteiger partial charge in [0.2, 0.25) is 11.8 Å². The number of hydrogen-bond acceptors (Lipinski definition) is 11. The molecule has 4 aliphatic rings. The molecule has 3 N–H and O–H groups in total. The first-order valence-electron chi connectivity index (χ1n) is 25.0. The maximum Gasteiger partial charge on any atom is 0.253 e. The van der Waals surface area contributed by atoms with Crippen LogP contribution in [0.25, 0.3) is 5.57 Å². The summed E-state index contributed by atoms with van der Waals surface area (Å²) in [6, 6.07) is 17.8. The second kappa shape index (κ2) is 20.9. The van der Waals surface area contributed by atoms with Gasteiger partial charge in [-0.3, -0.25) is 24.3 Å². The molecule has 3 amide bonds. The molecule has 3 aliphatic heterocycles. The summed E-state index contributed by atoms with van der Waals surface area (Å²) in [5.41, 5.74) is 5.46. The van der Waals surface area contributed by atoms with Crippen molar-refractivity contribution in [3.63, 3.8) is 0 Å². The molecule has 376 valence electrons. The van der Waals surface area contributed by atoms with Crippen molar-refractivity contribution < 1.29 is 24.2 Å². The Hall–Kier alpha value is -6.08. The Balaban J connectivity index is 0.798. The number of pyridine rings is 1. The number of aromatic nitrogens is 3. The quantitative estimate of drug-likeness (QED) is 0.102. The van der Waals surface area contributed by atoms with Crippen LogP contribution in [0.1, 0.15) is 125 Å². The number of halogens is 1. The molecule has 5 heterocycles. The Morgan fingerprint density at radius 2 is 1.69 bits per heavy atom. The van der Waals surface area contributed by atoms with Crippen LogP contribution in [0, 0.1) is 28.1 Å². The predicted octanol–water partition coefficient (Wildman–Crippen LogP) is 7.49. The lowest BCUT2D eigenvalue weighted by atomic mass is 9.49. The number of aliphatic hydroxyl groups excluding tert-OH is 1. The number of allylic oxidation sites excluding steroid dienone is 2. The lowest BCUT2D eigenvalue weighted by molar-refractivity contribution is -0.164. The van der Waals surface area contributed by atoms with E-state index in [0.29, 0.717) is 27.7 Å². The fraction of sp³-hybridized carbons (Fsp3) is 0.509. The lowest BCUT2D eigenvalue weighted by Crippen LogP contribution is -2.74. The van der Waals surface area contributed by atoms with E-state index < -0.39 is 18.1 Å². The summed E-state index contributed by atoms with van der Waals surface area (Å²) in [5.74, 6) is 0.757. The molecule has 2 aromatic heterocycles. The molecule has 71 heavy (non-hydrogen) atoms. The zero-order chi connectivity index (χ0) is 50.9. The number of benzene rings is 2. The maximum atomic E-state index is 14.4. The van der Waals surface area contributed by atoms with Crippen LogP contribution in [-0.4, -0.2) is 117 Å². The van der Waals surface area contributed by atoms with Gasteiger partial charge in [-0.15, -0.1) is 0 Å². The van der Waals surface area contributed by atoms with Gasteiger partial charge in [0.15, 0.2) is 0 Å². The summed E-state index contributed by atoms with van der Waals surface area (Å²) in [5, 5.41) is 26.8. The highest BCUT2D eigenvalue weighted by atomic mass is 35.5. The number of aryl methyl sites for hydroxylation is 1. The number of amides is 3. The Morgan fingerprint density at radius 1 is 0.972 bits per heavy atom. The summed E-state index contributed by atoms with van der Waals surface area (Å²) in [6.07, 6.45) is 7.14. The number of aliphatic imine (C=N–C) groups is 1. The van der Waals surface area contributed by atoms with Crippen LogP contribution in [0.2, 0.25) is 5.02 Å². The number of ether oxygens (including phenoxy) is 1.